The summed E-state index contributed by atoms with van der Waals surface area (Å²) in [5.41, 5.74) is 0. The monoisotopic (exact) mass is 1170 g/mol. The van der Waals surface area contributed by atoms with Gasteiger partial charge in [0.05, 0.1) is 38.6 Å². The zero-order valence-electron chi connectivity index (χ0n) is 47.4. The number of amides is 9. The first-order valence-electron chi connectivity index (χ1n) is 28.9. The molecule has 28 nitrogen and oxygen atoms in total. The van der Waals surface area contributed by atoms with Crippen molar-refractivity contribution in [2.75, 3.05) is 72.4 Å². The molecule has 3 fully saturated rings. The van der Waals surface area contributed by atoms with Crippen molar-refractivity contribution in [1.82, 2.24) is 42.1 Å². The largest absolute Gasteiger partial charge is 0.394 e. The molecule has 0 aromatic heterocycles. The maximum Gasteiger partial charge on any atom is 0.253 e. The summed E-state index contributed by atoms with van der Waals surface area (Å²) >= 11 is 0. The van der Waals surface area contributed by atoms with Gasteiger partial charge in [-0.05, 0) is 70.6 Å². The molecule has 10 atom stereocenters. The minimum atomic E-state index is -1.44. The first kappa shape index (κ1) is 69.2. The summed E-state index contributed by atoms with van der Waals surface area (Å²) in [6.07, 6.45) is 2.94. The summed E-state index contributed by atoms with van der Waals surface area (Å²) in [4.78, 5) is 112. The molecule has 12 N–H and O–H groups in total. The van der Waals surface area contributed by atoms with Gasteiger partial charge in [0, 0.05) is 117 Å². The van der Waals surface area contributed by atoms with Gasteiger partial charge < -0.3 is 91.2 Å². The molecule has 0 radical (unpaired) electrons. The van der Waals surface area contributed by atoms with E-state index in [1.54, 1.807) is 0 Å². The van der Waals surface area contributed by atoms with E-state index in [9.17, 15) is 68.7 Å². The average Bonchev–Trinajstić information content (AvgIpc) is 4.20. The van der Waals surface area contributed by atoms with Crippen molar-refractivity contribution >= 4 is 53.2 Å². The van der Waals surface area contributed by atoms with Gasteiger partial charge in [-0.3, -0.25) is 48.1 Å². The molecule has 5 unspecified atom stereocenters. The zero-order chi connectivity index (χ0) is 59.9. The van der Waals surface area contributed by atoms with Gasteiger partial charge in [0.15, 0.2) is 18.4 Å². The van der Waals surface area contributed by atoms with E-state index < -0.39 is 91.3 Å². The van der Waals surface area contributed by atoms with Crippen molar-refractivity contribution in [3.05, 3.63) is 12.2 Å². The maximum absolute atomic E-state index is 13.5. The van der Waals surface area contributed by atoms with E-state index in [0.29, 0.717) is 83.7 Å². The number of aliphatic hydroxyl groups is 5. The van der Waals surface area contributed by atoms with Gasteiger partial charge in [-0.15, -0.1) is 0 Å². The lowest BCUT2D eigenvalue weighted by Gasteiger charge is -2.42. The fraction of sp³-hybridized carbons (Fsp3) is 0.796. The molecular weight excluding hydrogens is 1080 g/mol. The van der Waals surface area contributed by atoms with Crippen LogP contribution < -0.4 is 37.2 Å². The molecule has 4 rings (SSSR count). The Labute approximate surface area is 478 Å². The molecule has 3 aliphatic heterocycles. The fourth-order valence-electron chi connectivity index (χ4n) is 9.76. The quantitative estimate of drug-likeness (QED) is 0.0172. The molecule has 9 amide bonds. The second kappa shape index (κ2) is 37.8. The number of ether oxygens (including phenoxy) is 6. The molecule has 1 saturated carbocycles. The van der Waals surface area contributed by atoms with Gasteiger partial charge >= 0.3 is 0 Å². The van der Waals surface area contributed by atoms with E-state index in [0.717, 1.165) is 17.7 Å². The first-order valence-corrected chi connectivity index (χ1v) is 28.9. The summed E-state index contributed by atoms with van der Waals surface area (Å²) < 4.78 is 35.0. The molecule has 2 saturated heterocycles. The van der Waals surface area contributed by atoms with Crippen LogP contribution in [0.2, 0.25) is 0 Å². The van der Waals surface area contributed by atoms with Gasteiger partial charge in [0.2, 0.25) is 41.4 Å². The van der Waals surface area contributed by atoms with Crippen LogP contribution in [0.5, 0.6) is 0 Å². The Bertz CT molecular complexity index is 2050. The average molecular weight is 1170 g/mol. The molecule has 4 aliphatic rings. The lowest BCUT2D eigenvalue weighted by Crippen LogP contribution is -2.64. The fourth-order valence-corrected chi connectivity index (χ4v) is 9.76. The van der Waals surface area contributed by atoms with E-state index in [1.165, 1.54) is 26.0 Å². The van der Waals surface area contributed by atoms with E-state index in [4.69, 9.17) is 28.4 Å². The third-order valence-electron chi connectivity index (χ3n) is 14.2. The number of carbonyl (C=O) groups excluding carboxylic acids is 9. The molecule has 1 aliphatic carbocycles. The smallest absolute Gasteiger partial charge is 0.253 e. The molecule has 0 bridgehead atoms. The van der Waals surface area contributed by atoms with Crippen molar-refractivity contribution in [2.45, 2.75) is 203 Å². The third kappa shape index (κ3) is 25.3. The Kier molecular flexibility index (Phi) is 31.9. The second-order valence-corrected chi connectivity index (χ2v) is 20.9. The third-order valence-corrected chi connectivity index (χ3v) is 14.2. The van der Waals surface area contributed by atoms with Crippen molar-refractivity contribution in [1.29, 1.82) is 0 Å². The van der Waals surface area contributed by atoms with Crippen LogP contribution in [0.4, 0.5) is 0 Å². The molecule has 0 aromatic rings. The number of carbonyl (C=O) groups is 9. The highest BCUT2D eigenvalue weighted by Crippen LogP contribution is 2.34. The lowest BCUT2D eigenvalue weighted by molar-refractivity contribution is -0.270. The minimum Gasteiger partial charge on any atom is -0.394 e. The van der Waals surface area contributed by atoms with E-state index in [-0.39, 0.29) is 127 Å². The summed E-state index contributed by atoms with van der Waals surface area (Å²) in [5.74, 6) is -4.00. The Morgan fingerprint density at radius 1 is 0.610 bits per heavy atom. The number of aliphatic hydroxyl groups excluding tert-OH is 5. The lowest BCUT2D eigenvalue weighted by atomic mass is 9.97. The normalized spacial score (nSPS) is 24.4. The van der Waals surface area contributed by atoms with Crippen LogP contribution >= 0.6 is 0 Å². The van der Waals surface area contributed by atoms with Gasteiger partial charge in [0.25, 0.3) is 11.8 Å². The molecule has 0 spiro atoms. The standard InChI is InChI=1S/C54H90N8O20/c1-35(65)59-47-39(67)32-37(33-63)81-52(47)77-28-13-7-17-44(71)61-38(14-5-11-23-55-41(68)16-6-12-29-78-53-48(60-36(2)66)50(75)49(74)40(34-64)82-53)51(76)58-24-10-3-4-15-42(69)56-25-30-79-54(21-8-9-22-54)80-31-26-57-43(70)20-27-62-45(72)18-19-46(62)73/h18-19,37-40,47-50,52-53,63-64,67,74-75H,3-17,20-34H2,1-2H3,(H,55,68)(H,56,69)(H,57,70)(H,58,76)(H,59,65)(H,60,66)(H,61,71)/t37?,38-,39-,40?,47-,48?,49?,50+,52?,53+/m0/s1. The Balaban J connectivity index is 1.13. The number of nitrogens with zero attached hydrogens (tertiary/aromatic N) is 1. The predicted octanol–water partition coefficient (Wildman–Crippen LogP) is -2.42. The van der Waals surface area contributed by atoms with Gasteiger partial charge in [0.1, 0.15) is 36.4 Å². The van der Waals surface area contributed by atoms with Crippen molar-refractivity contribution in [2.24, 2.45) is 0 Å². The highest BCUT2D eigenvalue weighted by Gasteiger charge is 2.45. The molecule has 3 heterocycles. The second-order valence-electron chi connectivity index (χ2n) is 20.9. The Morgan fingerprint density at radius 3 is 1.72 bits per heavy atom. The first-order chi connectivity index (χ1) is 39.3. The molecule has 466 valence electrons. The number of imide groups is 1. The van der Waals surface area contributed by atoms with E-state index >= 15 is 0 Å². The molecule has 28 heteroatoms. The number of rotatable bonds is 40. The van der Waals surface area contributed by atoms with Crippen LogP contribution in [0.3, 0.4) is 0 Å². The predicted molar refractivity (Wildman–Crippen MR) is 289 cm³/mol. The van der Waals surface area contributed by atoms with Crippen LogP contribution in [0.15, 0.2) is 12.2 Å². The molecule has 0 aromatic carbocycles. The Hall–Kier alpha value is -5.27. The topological polar surface area (TPSA) is 398 Å². The Morgan fingerprint density at radius 2 is 1.13 bits per heavy atom. The van der Waals surface area contributed by atoms with Crippen molar-refractivity contribution in [3.63, 3.8) is 0 Å². The number of hydrogen-bond acceptors (Lipinski definition) is 20. The molecular formula is C54H90N8O20. The molecule has 82 heavy (non-hydrogen) atoms. The van der Waals surface area contributed by atoms with Gasteiger partial charge in [-0.1, -0.05) is 6.42 Å². The van der Waals surface area contributed by atoms with Crippen LogP contribution in [-0.4, -0.2) is 223 Å². The SMILES string of the molecule is CC(=O)NC1[C@H](OCCCCC(=O)NCCCC[C@H](NC(=O)CCCCOC2OC(CO)C[C@H](O)[C@@H]2NC(C)=O)C(=O)NCCCCCC(=O)NCCOC2(OCCNC(=O)CCN3C(=O)C=CC3=O)CCCC2)OC(CO)C(O)[C@@H]1O. The van der Waals surface area contributed by atoms with Gasteiger partial charge in [-0.25, -0.2) is 0 Å². The van der Waals surface area contributed by atoms with E-state index in [2.05, 4.69) is 37.2 Å². The van der Waals surface area contributed by atoms with Gasteiger partial charge in [-0.2, -0.15) is 0 Å². The zero-order valence-corrected chi connectivity index (χ0v) is 47.4. The maximum atomic E-state index is 13.5. The van der Waals surface area contributed by atoms with Crippen LogP contribution in [0, 0.1) is 0 Å². The number of unbranched alkanes of at least 4 members (excludes halogenated alkanes) is 5. The number of nitrogens with one attached hydrogen (secondary N) is 7. The van der Waals surface area contributed by atoms with Crippen LogP contribution in [0.1, 0.15) is 136 Å². The van der Waals surface area contributed by atoms with Crippen molar-refractivity contribution in [3.8, 4) is 0 Å². The summed E-state index contributed by atoms with van der Waals surface area (Å²) in [7, 11) is 0. The van der Waals surface area contributed by atoms with Crippen molar-refractivity contribution < 1.29 is 97.1 Å². The number of hydrogen-bond donors (Lipinski definition) is 12. The van der Waals surface area contributed by atoms with Crippen LogP contribution in [-0.2, 0) is 71.6 Å². The summed E-state index contributed by atoms with van der Waals surface area (Å²) in [6, 6.07) is -2.79. The highest BCUT2D eigenvalue weighted by atomic mass is 16.7. The minimum absolute atomic E-state index is 0.00797. The van der Waals surface area contributed by atoms with Crippen LogP contribution in [0.25, 0.3) is 0 Å². The summed E-state index contributed by atoms with van der Waals surface area (Å²) in [6.45, 7) is 3.36. The van der Waals surface area contributed by atoms with E-state index in [1.807, 2.05) is 0 Å². The highest BCUT2D eigenvalue weighted by molar-refractivity contribution is 6.13. The summed E-state index contributed by atoms with van der Waals surface area (Å²) in [5, 5.41) is 69.6.